The van der Waals surface area contributed by atoms with Crippen molar-refractivity contribution in [3.05, 3.63) is 44.9 Å². The molecule has 2 N–H and O–H groups in total. The molecule has 0 amide bonds. The van der Waals surface area contributed by atoms with Crippen LogP contribution in [0.25, 0.3) is 0 Å². The van der Waals surface area contributed by atoms with E-state index in [-0.39, 0.29) is 24.0 Å². The molecule has 0 bridgehead atoms. The monoisotopic (exact) mass is 476 g/mol. The van der Waals surface area contributed by atoms with E-state index in [1.165, 1.54) is 20.9 Å². The van der Waals surface area contributed by atoms with Crippen molar-refractivity contribution in [1.82, 2.24) is 15.6 Å². The molecule has 24 heavy (non-hydrogen) atoms. The molecule has 0 saturated carbocycles. The average Bonchev–Trinajstić information content (AvgIpc) is 2.86. The van der Waals surface area contributed by atoms with Crippen molar-refractivity contribution in [2.24, 2.45) is 4.99 Å². The molecule has 0 aliphatic rings. The molecular weight excluding hydrogens is 451 g/mol. The summed E-state index contributed by atoms with van der Waals surface area (Å²) in [6, 6.07) is 6.54. The van der Waals surface area contributed by atoms with Gasteiger partial charge in [-0.2, -0.15) is 0 Å². The first kappa shape index (κ1) is 21.2. The van der Waals surface area contributed by atoms with Crippen molar-refractivity contribution in [1.29, 1.82) is 0 Å². The van der Waals surface area contributed by atoms with E-state index < -0.39 is 0 Å². The third-order valence-electron chi connectivity index (χ3n) is 3.59. The van der Waals surface area contributed by atoms with Crippen LogP contribution in [0.15, 0.2) is 28.1 Å². The van der Waals surface area contributed by atoms with Gasteiger partial charge >= 0.3 is 0 Å². The minimum Gasteiger partial charge on any atom is -0.352 e. The van der Waals surface area contributed by atoms with Crippen LogP contribution in [0, 0.1) is 20.8 Å². The average molecular weight is 476 g/mol. The molecule has 4 nitrogen and oxygen atoms in total. The topological polar surface area (TPSA) is 49.3 Å². The van der Waals surface area contributed by atoms with E-state index >= 15 is 0 Å². The highest BCUT2D eigenvalue weighted by Crippen LogP contribution is 2.21. The first-order chi connectivity index (χ1) is 11.0. The largest absolute Gasteiger partial charge is 0.352 e. The van der Waals surface area contributed by atoms with E-state index in [9.17, 15) is 0 Å². The van der Waals surface area contributed by atoms with E-state index in [4.69, 9.17) is 0 Å². The number of hydrogen-bond donors (Lipinski definition) is 2. The molecule has 1 aromatic carbocycles. The second-order valence-corrected chi connectivity index (χ2v) is 7.48. The second-order valence-electron chi connectivity index (χ2n) is 5.34. The van der Waals surface area contributed by atoms with Gasteiger partial charge in [-0.15, -0.1) is 47.1 Å². The van der Waals surface area contributed by atoms with Crippen LogP contribution < -0.4 is 10.6 Å². The van der Waals surface area contributed by atoms with Crippen molar-refractivity contribution in [3.8, 4) is 0 Å². The fourth-order valence-corrected chi connectivity index (χ4v) is 3.75. The first-order valence-electron chi connectivity index (χ1n) is 7.54. The molecule has 0 aliphatic heterocycles. The third-order valence-corrected chi connectivity index (χ3v) is 5.49. The molecule has 0 spiro atoms. The summed E-state index contributed by atoms with van der Waals surface area (Å²) in [6.07, 6.45) is 2.11. The van der Waals surface area contributed by atoms with Gasteiger partial charge in [-0.1, -0.05) is 12.1 Å². The number of aliphatic imine (C=N–C) groups is 1. The Labute approximate surface area is 170 Å². The Morgan fingerprint density at radius 2 is 1.92 bits per heavy atom. The lowest BCUT2D eigenvalue weighted by molar-refractivity contribution is 0.796. The molecule has 0 saturated heterocycles. The molecular formula is C17H25IN4S2. The molecule has 1 aromatic heterocycles. The normalized spacial score (nSPS) is 11.1. The maximum Gasteiger partial charge on any atom is 0.191 e. The lowest BCUT2D eigenvalue weighted by atomic mass is 10.1. The number of nitrogens with zero attached hydrogens (tertiary/aromatic N) is 2. The quantitative estimate of drug-likeness (QED) is 0.293. The standard InChI is InChI=1S/C17H24N4S2.HI/c1-11-6-7-14(15(8-11)22-5)9-19-17(18-4)20-10-16-21-12(2)13(3)23-16;/h6-8H,9-10H2,1-5H3,(H2,18,19,20);1H. The van der Waals surface area contributed by atoms with Crippen molar-refractivity contribution in [2.45, 2.75) is 38.8 Å². The second kappa shape index (κ2) is 10.2. The number of rotatable bonds is 5. The molecule has 2 rings (SSSR count). The van der Waals surface area contributed by atoms with E-state index in [2.05, 4.69) is 58.9 Å². The summed E-state index contributed by atoms with van der Waals surface area (Å²) < 4.78 is 0. The number of thiazole rings is 1. The number of halogens is 1. The number of aromatic nitrogens is 1. The van der Waals surface area contributed by atoms with Gasteiger partial charge in [0.25, 0.3) is 0 Å². The highest BCUT2D eigenvalue weighted by molar-refractivity contribution is 14.0. The van der Waals surface area contributed by atoms with Crippen LogP contribution in [0.5, 0.6) is 0 Å². The van der Waals surface area contributed by atoms with Crippen LogP contribution in [0.1, 0.15) is 26.7 Å². The zero-order valence-electron chi connectivity index (χ0n) is 14.8. The van der Waals surface area contributed by atoms with Gasteiger partial charge in [0.2, 0.25) is 0 Å². The highest BCUT2D eigenvalue weighted by Gasteiger charge is 2.06. The van der Waals surface area contributed by atoms with Crippen molar-refractivity contribution in [2.75, 3.05) is 13.3 Å². The fraction of sp³-hybridized carbons (Fsp3) is 0.412. The van der Waals surface area contributed by atoms with E-state index in [0.717, 1.165) is 23.2 Å². The molecule has 2 aromatic rings. The number of nitrogens with one attached hydrogen (secondary N) is 2. The molecule has 132 valence electrons. The SMILES string of the molecule is CN=C(NCc1nc(C)c(C)s1)NCc1ccc(C)cc1SC.I. The molecule has 7 heteroatoms. The summed E-state index contributed by atoms with van der Waals surface area (Å²) in [5, 5.41) is 7.79. The minimum absolute atomic E-state index is 0. The van der Waals surface area contributed by atoms with Gasteiger partial charge in [-0.3, -0.25) is 4.99 Å². The minimum atomic E-state index is 0. The van der Waals surface area contributed by atoms with Gasteiger partial charge in [0, 0.05) is 23.4 Å². The van der Waals surface area contributed by atoms with Gasteiger partial charge in [0.1, 0.15) is 5.01 Å². The van der Waals surface area contributed by atoms with Gasteiger partial charge in [0.15, 0.2) is 5.96 Å². The third kappa shape index (κ3) is 5.93. The van der Waals surface area contributed by atoms with Crippen molar-refractivity contribution < 1.29 is 0 Å². The maximum absolute atomic E-state index is 4.54. The molecule has 1 heterocycles. The summed E-state index contributed by atoms with van der Waals surface area (Å²) >= 11 is 3.50. The molecule has 0 fully saturated rings. The maximum atomic E-state index is 4.54. The van der Waals surface area contributed by atoms with E-state index in [1.807, 2.05) is 6.92 Å². The Morgan fingerprint density at radius 3 is 2.50 bits per heavy atom. The Balaban J connectivity index is 0.00000288. The van der Waals surface area contributed by atoms with Gasteiger partial charge in [-0.25, -0.2) is 4.98 Å². The lowest BCUT2D eigenvalue weighted by Gasteiger charge is -2.13. The summed E-state index contributed by atoms with van der Waals surface area (Å²) in [7, 11) is 1.79. The predicted molar refractivity (Wildman–Crippen MR) is 117 cm³/mol. The van der Waals surface area contributed by atoms with Crippen molar-refractivity contribution in [3.63, 3.8) is 0 Å². The number of aryl methyl sites for hydroxylation is 3. The Morgan fingerprint density at radius 1 is 1.21 bits per heavy atom. The zero-order chi connectivity index (χ0) is 16.8. The fourth-order valence-electron chi connectivity index (χ4n) is 2.17. The summed E-state index contributed by atoms with van der Waals surface area (Å²) in [6.45, 7) is 7.72. The van der Waals surface area contributed by atoms with Crippen molar-refractivity contribution >= 4 is 53.0 Å². The Bertz CT molecular complexity index is 678. The van der Waals surface area contributed by atoms with E-state index in [0.29, 0.717) is 6.54 Å². The summed E-state index contributed by atoms with van der Waals surface area (Å²) in [4.78, 5) is 11.4. The van der Waals surface area contributed by atoms with Gasteiger partial charge < -0.3 is 10.6 Å². The first-order valence-corrected chi connectivity index (χ1v) is 9.58. The lowest BCUT2D eigenvalue weighted by Crippen LogP contribution is -2.36. The summed E-state index contributed by atoms with van der Waals surface area (Å²) in [5.41, 5.74) is 3.68. The molecule has 0 unspecified atom stereocenters. The molecule has 0 aliphatic carbocycles. The predicted octanol–water partition coefficient (Wildman–Crippen LogP) is 4.27. The molecule has 0 radical (unpaired) electrons. The van der Waals surface area contributed by atoms with Crippen LogP contribution in [-0.4, -0.2) is 24.2 Å². The van der Waals surface area contributed by atoms with Crippen LogP contribution >= 0.6 is 47.1 Å². The van der Waals surface area contributed by atoms with Crippen LogP contribution in [0.3, 0.4) is 0 Å². The van der Waals surface area contributed by atoms with Crippen LogP contribution in [-0.2, 0) is 13.1 Å². The van der Waals surface area contributed by atoms with Gasteiger partial charge in [-0.05, 0) is 44.2 Å². The van der Waals surface area contributed by atoms with Crippen LogP contribution in [0.4, 0.5) is 0 Å². The zero-order valence-corrected chi connectivity index (χ0v) is 18.7. The highest BCUT2D eigenvalue weighted by atomic mass is 127. The summed E-state index contributed by atoms with van der Waals surface area (Å²) in [5.74, 6) is 0.795. The number of thioether (sulfide) groups is 1. The Kier molecular flexibility index (Phi) is 9.07. The van der Waals surface area contributed by atoms with Gasteiger partial charge in [0.05, 0.1) is 12.2 Å². The molecule has 0 atom stereocenters. The van der Waals surface area contributed by atoms with Crippen LogP contribution in [0.2, 0.25) is 0 Å². The number of guanidine groups is 1. The van der Waals surface area contributed by atoms with E-state index in [1.54, 1.807) is 30.1 Å². The number of benzene rings is 1. The smallest absolute Gasteiger partial charge is 0.191 e. The Hall–Kier alpha value is -0.800. The number of hydrogen-bond acceptors (Lipinski definition) is 4.